The quantitative estimate of drug-likeness (QED) is 0.256. The van der Waals surface area contributed by atoms with Gasteiger partial charge < -0.3 is 24.8 Å². The Labute approximate surface area is 104 Å². The average molecular weight is 269 g/mol. The fraction of sp³-hybridized carbons (Fsp3) is 0.889. The van der Waals surface area contributed by atoms with Gasteiger partial charge in [-0.3, -0.25) is 9.52 Å². The van der Waals surface area contributed by atoms with Crippen LogP contribution in [0.4, 0.5) is 0 Å². The molecule has 0 heterocycles. The van der Waals surface area contributed by atoms with E-state index in [4.69, 9.17) is 24.8 Å². The number of hydrogen-bond donors (Lipinski definition) is 4. The molecule has 8 heteroatoms. The lowest BCUT2D eigenvalue weighted by molar-refractivity contribution is -0.135. The fourth-order valence-corrected chi connectivity index (χ4v) is 1.35. The molecule has 0 aromatic rings. The van der Waals surface area contributed by atoms with E-state index in [2.05, 4.69) is 4.72 Å². The van der Waals surface area contributed by atoms with Gasteiger partial charge in [0.1, 0.15) is 12.6 Å². The Kier molecular flexibility index (Phi) is 11.8. The third-order valence-electron chi connectivity index (χ3n) is 1.55. The lowest BCUT2D eigenvalue weighted by Crippen LogP contribution is -2.21. The molecule has 1 unspecified atom stereocenters. The molecule has 0 spiro atoms. The van der Waals surface area contributed by atoms with Crippen LogP contribution in [0.3, 0.4) is 0 Å². The minimum absolute atomic E-state index is 0.0766. The van der Waals surface area contributed by atoms with Gasteiger partial charge in [0.25, 0.3) is 0 Å². The molecule has 0 aliphatic carbocycles. The average Bonchev–Trinajstić information content (AvgIpc) is 2.30. The normalized spacial score (nSPS) is 12.6. The van der Waals surface area contributed by atoms with Crippen LogP contribution < -0.4 is 4.72 Å². The van der Waals surface area contributed by atoms with Crippen molar-refractivity contribution in [1.29, 1.82) is 0 Å². The van der Waals surface area contributed by atoms with Crippen molar-refractivity contribution in [2.75, 3.05) is 45.3 Å². The topological polar surface area (TPSA) is 108 Å². The van der Waals surface area contributed by atoms with E-state index < -0.39 is 12.1 Å². The summed E-state index contributed by atoms with van der Waals surface area (Å²) in [7, 11) is 0. The van der Waals surface area contributed by atoms with Crippen molar-refractivity contribution in [2.24, 2.45) is 0 Å². The Morgan fingerprint density at radius 3 is 2.65 bits per heavy atom. The standard InChI is InChI=1S/C9H19NO6S/c11-6-8(12)7-16-2-1-15-3-4-17-10-5-9(13)14/h8,10-12H,1-7H2,(H,13,14). The SMILES string of the molecule is O=C(O)CNSCCOCCOCC(O)CO. The number of ether oxygens (including phenoxy) is 2. The Morgan fingerprint density at radius 2 is 2.00 bits per heavy atom. The molecule has 7 nitrogen and oxygen atoms in total. The zero-order valence-electron chi connectivity index (χ0n) is 9.50. The number of carboxylic acids is 1. The van der Waals surface area contributed by atoms with Gasteiger partial charge in [0.15, 0.2) is 0 Å². The summed E-state index contributed by atoms with van der Waals surface area (Å²) in [6.45, 7) is 0.944. The summed E-state index contributed by atoms with van der Waals surface area (Å²) in [5, 5.41) is 25.7. The first-order valence-corrected chi connectivity index (χ1v) is 6.16. The highest BCUT2D eigenvalue weighted by molar-refractivity contribution is 7.97. The van der Waals surface area contributed by atoms with E-state index in [0.29, 0.717) is 25.6 Å². The van der Waals surface area contributed by atoms with Crippen LogP contribution in [0.2, 0.25) is 0 Å². The van der Waals surface area contributed by atoms with Crippen molar-refractivity contribution >= 4 is 17.9 Å². The smallest absolute Gasteiger partial charge is 0.318 e. The molecule has 0 aromatic heterocycles. The number of aliphatic hydroxyl groups excluding tert-OH is 2. The van der Waals surface area contributed by atoms with Crippen molar-refractivity contribution < 1.29 is 29.6 Å². The lowest BCUT2D eigenvalue weighted by atomic mass is 10.4. The third-order valence-corrected chi connectivity index (χ3v) is 2.27. The van der Waals surface area contributed by atoms with Crippen molar-refractivity contribution in [3.63, 3.8) is 0 Å². The number of nitrogens with one attached hydrogen (secondary N) is 1. The summed E-state index contributed by atoms with van der Waals surface area (Å²) in [5.74, 6) is -0.249. The van der Waals surface area contributed by atoms with Crippen molar-refractivity contribution in [3.8, 4) is 0 Å². The molecule has 17 heavy (non-hydrogen) atoms. The largest absolute Gasteiger partial charge is 0.480 e. The van der Waals surface area contributed by atoms with Gasteiger partial charge >= 0.3 is 5.97 Å². The van der Waals surface area contributed by atoms with E-state index in [9.17, 15) is 4.79 Å². The van der Waals surface area contributed by atoms with Crippen LogP contribution in [0.5, 0.6) is 0 Å². The Balaban J connectivity index is 3.01. The maximum absolute atomic E-state index is 10.1. The second-order valence-electron chi connectivity index (χ2n) is 3.09. The van der Waals surface area contributed by atoms with E-state index >= 15 is 0 Å². The summed E-state index contributed by atoms with van der Waals surface area (Å²) >= 11 is 1.28. The van der Waals surface area contributed by atoms with Gasteiger partial charge in [-0.25, -0.2) is 0 Å². The van der Waals surface area contributed by atoms with Crippen LogP contribution in [0.15, 0.2) is 0 Å². The van der Waals surface area contributed by atoms with Gasteiger partial charge in [0, 0.05) is 5.75 Å². The number of aliphatic hydroxyl groups is 2. The Bertz CT molecular complexity index is 194. The zero-order valence-corrected chi connectivity index (χ0v) is 10.3. The second kappa shape index (κ2) is 12.1. The zero-order chi connectivity index (χ0) is 12.9. The Hall–Kier alpha value is -0.380. The maximum atomic E-state index is 10.1. The van der Waals surface area contributed by atoms with E-state index in [0.717, 1.165) is 0 Å². The van der Waals surface area contributed by atoms with E-state index in [1.165, 1.54) is 11.9 Å². The molecule has 0 saturated carbocycles. The summed E-state index contributed by atoms with van der Waals surface area (Å²) in [4.78, 5) is 10.1. The number of hydrogen-bond acceptors (Lipinski definition) is 7. The summed E-state index contributed by atoms with van der Waals surface area (Å²) < 4.78 is 12.8. The molecule has 0 aliphatic heterocycles. The molecular formula is C9H19NO6S. The van der Waals surface area contributed by atoms with Gasteiger partial charge in [-0.15, -0.1) is 0 Å². The lowest BCUT2D eigenvalue weighted by Gasteiger charge is -2.08. The number of carboxylic acid groups (broad SMARTS) is 1. The first kappa shape index (κ1) is 16.6. The Morgan fingerprint density at radius 1 is 1.29 bits per heavy atom. The predicted molar refractivity (Wildman–Crippen MR) is 62.8 cm³/mol. The van der Waals surface area contributed by atoms with Gasteiger partial charge in [0.05, 0.1) is 33.0 Å². The van der Waals surface area contributed by atoms with E-state index in [1.807, 2.05) is 0 Å². The molecule has 0 amide bonds. The molecule has 102 valence electrons. The van der Waals surface area contributed by atoms with Crippen LogP contribution >= 0.6 is 11.9 Å². The van der Waals surface area contributed by atoms with Crippen molar-refractivity contribution in [1.82, 2.24) is 4.72 Å². The molecule has 0 saturated heterocycles. The van der Waals surface area contributed by atoms with E-state index in [1.54, 1.807) is 0 Å². The van der Waals surface area contributed by atoms with Gasteiger partial charge in [0.2, 0.25) is 0 Å². The fourth-order valence-electron chi connectivity index (χ4n) is 0.778. The summed E-state index contributed by atoms with van der Waals surface area (Å²) in [6.07, 6.45) is -0.842. The van der Waals surface area contributed by atoms with Crippen LogP contribution in [0.1, 0.15) is 0 Å². The second-order valence-corrected chi connectivity index (χ2v) is 4.07. The number of aliphatic carboxylic acids is 1. The third kappa shape index (κ3) is 13.6. The first-order valence-electron chi connectivity index (χ1n) is 5.17. The molecule has 0 rings (SSSR count). The van der Waals surface area contributed by atoms with Crippen LogP contribution in [0, 0.1) is 0 Å². The molecule has 0 radical (unpaired) electrons. The van der Waals surface area contributed by atoms with Crippen LogP contribution in [0.25, 0.3) is 0 Å². The number of rotatable bonds is 12. The molecule has 0 fully saturated rings. The van der Waals surface area contributed by atoms with Gasteiger partial charge in [-0.05, 0) is 0 Å². The molecule has 1 atom stereocenters. The molecular weight excluding hydrogens is 250 g/mol. The van der Waals surface area contributed by atoms with E-state index in [-0.39, 0.29) is 19.8 Å². The first-order chi connectivity index (χ1) is 8.16. The molecule has 4 N–H and O–H groups in total. The predicted octanol–water partition coefficient (Wildman–Crippen LogP) is -1.30. The van der Waals surface area contributed by atoms with Crippen LogP contribution in [-0.4, -0.2) is 72.7 Å². The summed E-state index contributed by atoms with van der Waals surface area (Å²) in [6, 6.07) is 0. The maximum Gasteiger partial charge on any atom is 0.318 e. The van der Waals surface area contributed by atoms with Crippen LogP contribution in [-0.2, 0) is 14.3 Å². The number of carbonyl (C=O) groups is 1. The monoisotopic (exact) mass is 269 g/mol. The van der Waals surface area contributed by atoms with Gasteiger partial charge in [-0.1, -0.05) is 11.9 Å². The highest BCUT2D eigenvalue weighted by atomic mass is 32.2. The molecule has 0 aliphatic rings. The highest BCUT2D eigenvalue weighted by Gasteiger charge is 2.00. The van der Waals surface area contributed by atoms with Crippen molar-refractivity contribution in [3.05, 3.63) is 0 Å². The minimum Gasteiger partial charge on any atom is -0.480 e. The highest BCUT2D eigenvalue weighted by Crippen LogP contribution is 1.92. The minimum atomic E-state index is -0.894. The summed E-state index contributed by atoms with van der Waals surface area (Å²) in [5.41, 5.74) is 0. The molecule has 0 aromatic carbocycles. The van der Waals surface area contributed by atoms with Gasteiger partial charge in [-0.2, -0.15) is 0 Å². The van der Waals surface area contributed by atoms with Crippen molar-refractivity contribution in [2.45, 2.75) is 6.10 Å². The molecule has 0 bridgehead atoms.